The number of hydrogen-bond donors (Lipinski definition) is 1. The van der Waals surface area contributed by atoms with E-state index >= 15 is 0 Å². The molecule has 1 aromatic heterocycles. The summed E-state index contributed by atoms with van der Waals surface area (Å²) in [7, 11) is 0. The predicted molar refractivity (Wildman–Crippen MR) is 93.4 cm³/mol. The molecule has 0 radical (unpaired) electrons. The number of piperidine rings is 1. The van der Waals surface area contributed by atoms with Crippen LogP contribution in [0, 0.1) is 0 Å². The average Bonchev–Trinajstić information content (AvgIpc) is 2.68. The number of halogens is 3. The Hall–Kier alpha value is -2.90. The predicted octanol–water partition coefficient (Wildman–Crippen LogP) is 3.98. The van der Waals surface area contributed by atoms with Gasteiger partial charge in [0, 0.05) is 30.5 Å². The second-order valence-electron chi connectivity index (χ2n) is 6.32. The van der Waals surface area contributed by atoms with Crippen LogP contribution in [0.3, 0.4) is 0 Å². The molecule has 0 bridgehead atoms. The molecule has 8 heteroatoms. The summed E-state index contributed by atoms with van der Waals surface area (Å²) in [5, 5.41) is 2.42. The van der Waals surface area contributed by atoms with Gasteiger partial charge in [0.1, 0.15) is 5.69 Å². The van der Waals surface area contributed by atoms with Crippen molar-refractivity contribution < 1.29 is 22.8 Å². The third-order valence-electron chi connectivity index (χ3n) is 4.33. The van der Waals surface area contributed by atoms with E-state index in [9.17, 15) is 22.8 Å². The fourth-order valence-corrected chi connectivity index (χ4v) is 2.92. The van der Waals surface area contributed by atoms with Gasteiger partial charge < -0.3 is 10.2 Å². The smallest absolute Gasteiger partial charge is 0.337 e. The van der Waals surface area contributed by atoms with E-state index in [4.69, 9.17) is 0 Å². The molecule has 5 nitrogen and oxygen atoms in total. The number of benzene rings is 1. The Morgan fingerprint density at radius 2 is 1.78 bits per heavy atom. The zero-order chi connectivity index (χ0) is 19.4. The van der Waals surface area contributed by atoms with Crippen molar-refractivity contribution in [2.45, 2.75) is 25.4 Å². The number of nitrogens with zero attached hydrogens (tertiary/aromatic N) is 2. The molecule has 142 valence electrons. The molecule has 27 heavy (non-hydrogen) atoms. The van der Waals surface area contributed by atoms with Gasteiger partial charge in [-0.2, -0.15) is 13.2 Å². The van der Waals surface area contributed by atoms with E-state index in [1.807, 2.05) is 0 Å². The Balaban J connectivity index is 1.75. The van der Waals surface area contributed by atoms with Crippen molar-refractivity contribution in [2.75, 3.05) is 18.4 Å². The summed E-state index contributed by atoms with van der Waals surface area (Å²) in [6, 6.07) is 7.15. The van der Waals surface area contributed by atoms with Crippen molar-refractivity contribution in [3.63, 3.8) is 0 Å². The molecule has 2 aromatic rings. The van der Waals surface area contributed by atoms with Crippen molar-refractivity contribution in [3.05, 3.63) is 59.4 Å². The van der Waals surface area contributed by atoms with Crippen LogP contribution < -0.4 is 5.32 Å². The lowest BCUT2D eigenvalue weighted by molar-refractivity contribution is -0.137. The highest BCUT2D eigenvalue weighted by Gasteiger charge is 2.30. The molecule has 1 N–H and O–H groups in total. The van der Waals surface area contributed by atoms with E-state index in [1.165, 1.54) is 30.5 Å². The van der Waals surface area contributed by atoms with E-state index in [0.29, 0.717) is 13.1 Å². The van der Waals surface area contributed by atoms with E-state index in [-0.39, 0.29) is 22.9 Å². The molecule has 0 saturated carbocycles. The van der Waals surface area contributed by atoms with E-state index < -0.39 is 17.6 Å². The van der Waals surface area contributed by atoms with Crippen LogP contribution in [0.2, 0.25) is 0 Å². The fraction of sp³-hybridized carbons (Fsp3) is 0.316. The van der Waals surface area contributed by atoms with Crippen LogP contribution in [0.25, 0.3) is 0 Å². The quantitative estimate of drug-likeness (QED) is 0.880. The number of nitrogens with one attached hydrogen (secondary N) is 1. The van der Waals surface area contributed by atoms with Gasteiger partial charge in [-0.3, -0.25) is 14.6 Å². The number of rotatable bonds is 3. The molecule has 3 rings (SSSR count). The maximum absolute atomic E-state index is 12.8. The average molecular weight is 377 g/mol. The summed E-state index contributed by atoms with van der Waals surface area (Å²) in [6.45, 7) is 1.31. The van der Waals surface area contributed by atoms with Crippen LogP contribution in [0.4, 0.5) is 18.9 Å². The summed E-state index contributed by atoms with van der Waals surface area (Å²) in [6.07, 6.45) is -0.205. The molecule has 1 aliphatic rings. The zero-order valence-corrected chi connectivity index (χ0v) is 14.4. The third-order valence-corrected chi connectivity index (χ3v) is 4.33. The van der Waals surface area contributed by atoms with E-state index in [0.717, 1.165) is 31.4 Å². The Morgan fingerprint density at radius 3 is 2.48 bits per heavy atom. The molecule has 1 aliphatic heterocycles. The van der Waals surface area contributed by atoms with Crippen LogP contribution in [-0.4, -0.2) is 34.8 Å². The van der Waals surface area contributed by atoms with Gasteiger partial charge in [-0.1, -0.05) is 6.07 Å². The monoisotopic (exact) mass is 377 g/mol. The lowest BCUT2D eigenvalue weighted by Crippen LogP contribution is -2.36. The fourth-order valence-electron chi connectivity index (χ4n) is 2.92. The van der Waals surface area contributed by atoms with Crippen molar-refractivity contribution in [1.82, 2.24) is 9.88 Å². The third kappa shape index (κ3) is 4.64. The molecule has 0 spiro atoms. The first kappa shape index (κ1) is 18.9. The molecule has 1 aromatic carbocycles. The molecule has 2 amide bonds. The minimum Gasteiger partial charge on any atom is -0.337 e. The summed E-state index contributed by atoms with van der Waals surface area (Å²) >= 11 is 0. The molecular formula is C19H18F3N3O2. The van der Waals surface area contributed by atoms with Gasteiger partial charge in [-0.15, -0.1) is 0 Å². The Kier molecular flexibility index (Phi) is 5.43. The highest BCUT2D eigenvalue weighted by Crippen LogP contribution is 2.30. The lowest BCUT2D eigenvalue weighted by atomic mass is 10.1. The topological polar surface area (TPSA) is 62.3 Å². The molecule has 0 atom stereocenters. The molecular weight excluding hydrogens is 359 g/mol. The second kappa shape index (κ2) is 7.77. The second-order valence-corrected chi connectivity index (χ2v) is 6.32. The van der Waals surface area contributed by atoms with E-state index in [1.54, 1.807) is 4.90 Å². The maximum atomic E-state index is 12.8. The highest BCUT2D eigenvalue weighted by atomic mass is 19.4. The standard InChI is InChI=1S/C19H18F3N3O2/c20-19(21,22)14-5-4-6-15(12-14)24-17(26)13-7-8-23-16(11-13)18(27)25-9-2-1-3-10-25/h4-8,11-12H,1-3,9-10H2,(H,24,26). The minimum atomic E-state index is -4.49. The Bertz CT molecular complexity index is 846. The molecule has 0 aliphatic carbocycles. The van der Waals surface area contributed by atoms with Crippen molar-refractivity contribution >= 4 is 17.5 Å². The first-order chi connectivity index (χ1) is 12.8. The number of alkyl halides is 3. The normalized spacial score (nSPS) is 14.7. The van der Waals surface area contributed by atoms with Crippen LogP contribution in [0.1, 0.15) is 45.7 Å². The van der Waals surface area contributed by atoms with Crippen LogP contribution in [0.5, 0.6) is 0 Å². The number of pyridine rings is 1. The number of carbonyl (C=O) groups excluding carboxylic acids is 2. The maximum Gasteiger partial charge on any atom is 0.416 e. The Labute approximate surface area is 154 Å². The molecule has 1 fully saturated rings. The van der Waals surface area contributed by atoms with E-state index in [2.05, 4.69) is 10.3 Å². The SMILES string of the molecule is O=C(Nc1cccc(C(F)(F)F)c1)c1ccnc(C(=O)N2CCCCC2)c1. The molecule has 2 heterocycles. The van der Waals surface area contributed by atoms with Crippen molar-refractivity contribution in [1.29, 1.82) is 0 Å². The lowest BCUT2D eigenvalue weighted by Gasteiger charge is -2.26. The number of likely N-dealkylation sites (tertiary alicyclic amines) is 1. The summed E-state index contributed by atoms with van der Waals surface area (Å²) in [5.41, 5.74) is -0.525. The van der Waals surface area contributed by atoms with Crippen molar-refractivity contribution in [2.24, 2.45) is 0 Å². The van der Waals surface area contributed by atoms with Gasteiger partial charge in [0.25, 0.3) is 11.8 Å². The summed E-state index contributed by atoms with van der Waals surface area (Å²) in [4.78, 5) is 30.6. The minimum absolute atomic E-state index is 0.0237. The van der Waals surface area contributed by atoms with Gasteiger partial charge in [0.15, 0.2) is 0 Å². The molecule has 0 unspecified atom stereocenters. The van der Waals surface area contributed by atoms with Crippen molar-refractivity contribution in [3.8, 4) is 0 Å². The number of hydrogen-bond acceptors (Lipinski definition) is 3. The summed E-state index contributed by atoms with van der Waals surface area (Å²) < 4.78 is 38.4. The van der Waals surface area contributed by atoms with Crippen LogP contribution in [0.15, 0.2) is 42.6 Å². The zero-order valence-electron chi connectivity index (χ0n) is 14.4. The van der Waals surface area contributed by atoms with Gasteiger partial charge in [-0.25, -0.2) is 0 Å². The largest absolute Gasteiger partial charge is 0.416 e. The van der Waals surface area contributed by atoms with Gasteiger partial charge in [0.2, 0.25) is 0 Å². The number of amides is 2. The number of carbonyl (C=O) groups is 2. The summed E-state index contributed by atoms with van der Waals surface area (Å²) in [5.74, 6) is -0.854. The van der Waals surface area contributed by atoms with Crippen LogP contribution in [-0.2, 0) is 6.18 Å². The van der Waals surface area contributed by atoms with Gasteiger partial charge in [0.05, 0.1) is 5.56 Å². The first-order valence-electron chi connectivity index (χ1n) is 8.58. The van der Waals surface area contributed by atoms with Gasteiger partial charge in [-0.05, 0) is 49.6 Å². The number of aromatic nitrogens is 1. The Morgan fingerprint density at radius 1 is 1.04 bits per heavy atom. The molecule has 1 saturated heterocycles. The van der Waals surface area contributed by atoms with Crippen LogP contribution >= 0.6 is 0 Å². The first-order valence-corrected chi connectivity index (χ1v) is 8.58. The highest BCUT2D eigenvalue weighted by molar-refractivity contribution is 6.05. The van der Waals surface area contributed by atoms with Gasteiger partial charge >= 0.3 is 6.18 Å². The number of anilines is 1.